The van der Waals surface area contributed by atoms with Crippen LogP contribution < -0.4 is 0 Å². The molecule has 0 aliphatic carbocycles. The molecule has 0 aliphatic rings. The van der Waals surface area contributed by atoms with Gasteiger partial charge < -0.3 is 9.63 Å². The van der Waals surface area contributed by atoms with Crippen LogP contribution in [-0.4, -0.2) is 15.2 Å². The van der Waals surface area contributed by atoms with Gasteiger partial charge in [0.2, 0.25) is 5.82 Å². The largest absolute Gasteiger partial charge is 0.507 e. The summed E-state index contributed by atoms with van der Waals surface area (Å²) < 4.78 is 31.5. The lowest BCUT2D eigenvalue weighted by atomic mass is 10.2. The molecule has 0 saturated heterocycles. The third kappa shape index (κ3) is 2.64. The first-order chi connectivity index (χ1) is 10.0. The number of phenolic OH excluding ortho intramolecular Hbond substituents is 1. The van der Waals surface area contributed by atoms with Gasteiger partial charge in [-0.15, -0.1) is 0 Å². The Hall–Kier alpha value is -2.28. The van der Waals surface area contributed by atoms with Gasteiger partial charge >= 0.3 is 0 Å². The van der Waals surface area contributed by atoms with E-state index in [0.717, 1.165) is 6.07 Å². The van der Waals surface area contributed by atoms with Crippen LogP contribution in [0.2, 0.25) is 0 Å². The van der Waals surface area contributed by atoms with Crippen molar-refractivity contribution in [2.75, 3.05) is 0 Å². The highest BCUT2D eigenvalue weighted by atomic mass is 79.9. The molecule has 1 aromatic heterocycles. The molecule has 1 N–H and O–H groups in total. The molecule has 0 bridgehead atoms. The molecule has 106 valence electrons. The van der Waals surface area contributed by atoms with Crippen LogP contribution >= 0.6 is 15.9 Å². The SMILES string of the molecule is Oc1cc(F)ccc1-c1nc(-c2ccc(F)c(Br)c2)no1. The second kappa shape index (κ2) is 5.25. The average molecular weight is 353 g/mol. The summed E-state index contributed by atoms with van der Waals surface area (Å²) in [6, 6.07) is 7.74. The third-order valence-electron chi connectivity index (χ3n) is 2.79. The highest BCUT2D eigenvalue weighted by molar-refractivity contribution is 9.10. The number of benzene rings is 2. The van der Waals surface area contributed by atoms with Crippen LogP contribution in [0.5, 0.6) is 5.75 Å². The monoisotopic (exact) mass is 352 g/mol. The van der Waals surface area contributed by atoms with E-state index < -0.39 is 11.6 Å². The number of aromatic nitrogens is 2. The maximum absolute atomic E-state index is 13.2. The normalized spacial score (nSPS) is 10.8. The molecule has 0 unspecified atom stereocenters. The first-order valence-corrected chi connectivity index (χ1v) is 6.62. The minimum atomic E-state index is -0.571. The number of rotatable bonds is 2. The minimum Gasteiger partial charge on any atom is -0.507 e. The molecule has 0 saturated carbocycles. The number of halogens is 3. The van der Waals surface area contributed by atoms with E-state index in [2.05, 4.69) is 26.1 Å². The summed E-state index contributed by atoms with van der Waals surface area (Å²) in [4.78, 5) is 4.11. The van der Waals surface area contributed by atoms with Crippen LogP contribution in [0, 0.1) is 11.6 Å². The maximum atomic E-state index is 13.2. The molecular weight excluding hydrogens is 346 g/mol. The van der Waals surface area contributed by atoms with Gasteiger partial charge in [0.1, 0.15) is 17.4 Å². The molecule has 4 nitrogen and oxygen atoms in total. The molecule has 3 rings (SSSR count). The Balaban J connectivity index is 2.01. The van der Waals surface area contributed by atoms with Crippen molar-refractivity contribution >= 4 is 15.9 Å². The van der Waals surface area contributed by atoms with Crippen LogP contribution in [0.1, 0.15) is 0 Å². The Labute approximate surface area is 126 Å². The summed E-state index contributed by atoms with van der Waals surface area (Å²) in [6.45, 7) is 0. The molecule has 7 heteroatoms. The van der Waals surface area contributed by atoms with E-state index >= 15 is 0 Å². The fraction of sp³-hybridized carbons (Fsp3) is 0. The van der Waals surface area contributed by atoms with Crippen molar-refractivity contribution < 1.29 is 18.4 Å². The lowest BCUT2D eigenvalue weighted by Crippen LogP contribution is -1.84. The maximum Gasteiger partial charge on any atom is 0.262 e. The smallest absolute Gasteiger partial charge is 0.262 e. The van der Waals surface area contributed by atoms with Crippen molar-refractivity contribution in [3.63, 3.8) is 0 Å². The van der Waals surface area contributed by atoms with Gasteiger partial charge in [0, 0.05) is 11.6 Å². The topological polar surface area (TPSA) is 59.2 Å². The molecule has 21 heavy (non-hydrogen) atoms. The summed E-state index contributed by atoms with van der Waals surface area (Å²) in [5.41, 5.74) is 0.760. The van der Waals surface area contributed by atoms with Crippen LogP contribution in [0.15, 0.2) is 45.4 Å². The van der Waals surface area contributed by atoms with Crippen molar-refractivity contribution in [2.24, 2.45) is 0 Å². The van der Waals surface area contributed by atoms with E-state index in [1.807, 2.05) is 0 Å². The van der Waals surface area contributed by atoms with Gasteiger partial charge in [0.15, 0.2) is 0 Å². The molecule has 0 atom stereocenters. The zero-order valence-electron chi connectivity index (χ0n) is 10.3. The Morgan fingerprint density at radius 1 is 1.10 bits per heavy atom. The van der Waals surface area contributed by atoms with E-state index in [-0.39, 0.29) is 27.5 Å². The van der Waals surface area contributed by atoms with Gasteiger partial charge in [-0.05, 0) is 46.3 Å². The average Bonchev–Trinajstić information content (AvgIpc) is 2.91. The van der Waals surface area contributed by atoms with E-state index in [1.165, 1.54) is 30.3 Å². The highest BCUT2D eigenvalue weighted by Crippen LogP contribution is 2.30. The van der Waals surface area contributed by atoms with Crippen molar-refractivity contribution in [2.45, 2.75) is 0 Å². The van der Waals surface area contributed by atoms with Crippen molar-refractivity contribution in [3.05, 3.63) is 52.5 Å². The fourth-order valence-electron chi connectivity index (χ4n) is 1.77. The molecule has 0 fully saturated rings. The van der Waals surface area contributed by atoms with Crippen molar-refractivity contribution in [1.82, 2.24) is 10.1 Å². The predicted molar refractivity (Wildman–Crippen MR) is 74.5 cm³/mol. The Bertz CT molecular complexity index is 820. The quantitative estimate of drug-likeness (QED) is 0.752. The van der Waals surface area contributed by atoms with Gasteiger partial charge in [0.25, 0.3) is 5.89 Å². The van der Waals surface area contributed by atoms with E-state index in [9.17, 15) is 13.9 Å². The van der Waals surface area contributed by atoms with Gasteiger partial charge in [-0.25, -0.2) is 8.78 Å². The summed E-state index contributed by atoms with van der Waals surface area (Å²) in [7, 11) is 0. The number of phenols is 1. The number of hydrogen-bond donors (Lipinski definition) is 1. The number of hydrogen-bond acceptors (Lipinski definition) is 4. The Kier molecular flexibility index (Phi) is 3.42. The standard InChI is InChI=1S/C14H7BrF2N2O2/c15-10-5-7(1-4-11(10)17)13-18-14(21-19-13)9-3-2-8(16)6-12(9)20/h1-6,20H. The Morgan fingerprint density at radius 2 is 1.90 bits per heavy atom. The molecule has 0 aliphatic heterocycles. The van der Waals surface area contributed by atoms with Gasteiger partial charge in [0.05, 0.1) is 10.0 Å². The van der Waals surface area contributed by atoms with Crippen LogP contribution in [0.25, 0.3) is 22.8 Å². The first kappa shape index (κ1) is 13.7. The van der Waals surface area contributed by atoms with Gasteiger partial charge in [-0.2, -0.15) is 4.98 Å². The molecule has 3 aromatic rings. The van der Waals surface area contributed by atoms with E-state index in [0.29, 0.717) is 5.56 Å². The van der Waals surface area contributed by atoms with E-state index in [4.69, 9.17) is 4.52 Å². The van der Waals surface area contributed by atoms with Crippen LogP contribution in [0.3, 0.4) is 0 Å². The molecule has 0 spiro atoms. The van der Waals surface area contributed by atoms with Gasteiger partial charge in [-0.1, -0.05) is 5.16 Å². The molecule has 0 radical (unpaired) electrons. The van der Waals surface area contributed by atoms with Crippen molar-refractivity contribution in [1.29, 1.82) is 0 Å². The summed E-state index contributed by atoms with van der Waals surface area (Å²) >= 11 is 3.07. The number of aromatic hydroxyl groups is 1. The second-order valence-electron chi connectivity index (χ2n) is 4.21. The molecular formula is C14H7BrF2N2O2. The van der Waals surface area contributed by atoms with Crippen LogP contribution in [-0.2, 0) is 0 Å². The van der Waals surface area contributed by atoms with Crippen molar-refractivity contribution in [3.8, 4) is 28.6 Å². The van der Waals surface area contributed by atoms with E-state index in [1.54, 1.807) is 0 Å². The molecule has 1 heterocycles. The highest BCUT2D eigenvalue weighted by Gasteiger charge is 2.15. The zero-order valence-corrected chi connectivity index (χ0v) is 11.9. The summed E-state index contributed by atoms with van der Waals surface area (Å²) in [6.07, 6.45) is 0. The summed E-state index contributed by atoms with van der Waals surface area (Å²) in [5.74, 6) is -1.00. The van der Waals surface area contributed by atoms with Gasteiger partial charge in [-0.3, -0.25) is 0 Å². The minimum absolute atomic E-state index is 0.0444. The third-order valence-corrected chi connectivity index (χ3v) is 3.40. The first-order valence-electron chi connectivity index (χ1n) is 5.82. The lowest BCUT2D eigenvalue weighted by molar-refractivity contribution is 0.425. The predicted octanol–water partition coefficient (Wildman–Crippen LogP) is 4.15. The number of nitrogens with zero attached hydrogens (tertiary/aromatic N) is 2. The van der Waals surface area contributed by atoms with Crippen LogP contribution in [0.4, 0.5) is 8.78 Å². The molecule has 2 aromatic carbocycles. The summed E-state index contributed by atoms with van der Waals surface area (Å²) in [5, 5.41) is 13.4. The molecule has 0 amide bonds. The second-order valence-corrected chi connectivity index (χ2v) is 5.07. The fourth-order valence-corrected chi connectivity index (χ4v) is 2.15. The Morgan fingerprint density at radius 3 is 2.62 bits per heavy atom. The lowest BCUT2D eigenvalue weighted by Gasteiger charge is -1.98. The zero-order chi connectivity index (χ0) is 15.0.